The Morgan fingerprint density at radius 2 is 1.61 bits per heavy atom. The average molecular weight is 422 g/mol. The summed E-state index contributed by atoms with van der Waals surface area (Å²) in [4.78, 5) is 38.1. The highest BCUT2D eigenvalue weighted by Gasteiger charge is 2.18. The fourth-order valence-corrected chi connectivity index (χ4v) is 3.24. The Kier molecular flexibility index (Phi) is 7.37. The molecule has 0 unspecified atom stereocenters. The van der Waals surface area contributed by atoms with Crippen LogP contribution in [0.25, 0.3) is 10.8 Å². The van der Waals surface area contributed by atoms with Crippen molar-refractivity contribution in [2.75, 3.05) is 6.61 Å². The first-order valence-electron chi connectivity index (χ1n) is 10.4. The number of rotatable bonds is 8. The van der Waals surface area contributed by atoms with Gasteiger partial charge in [-0.2, -0.15) is 5.10 Å². The van der Waals surface area contributed by atoms with Crippen LogP contribution >= 0.6 is 0 Å². The van der Waals surface area contributed by atoms with Crippen LogP contribution in [0.1, 0.15) is 54.0 Å². The van der Waals surface area contributed by atoms with E-state index in [1.54, 1.807) is 48.5 Å². The Bertz CT molecular complexity index is 1140. The number of hydrogen-bond acceptors (Lipinski definition) is 5. The van der Waals surface area contributed by atoms with Crippen molar-refractivity contribution in [1.29, 1.82) is 0 Å². The maximum atomic E-state index is 12.9. The van der Waals surface area contributed by atoms with Gasteiger partial charge in [0.25, 0.3) is 17.4 Å². The first-order valence-corrected chi connectivity index (χ1v) is 10.4. The zero-order valence-corrected chi connectivity index (χ0v) is 17.7. The lowest BCUT2D eigenvalue weighted by Gasteiger charge is -2.13. The number of aromatic nitrogens is 2. The second-order valence-electron chi connectivity index (χ2n) is 6.97. The number of fused-ring (bicyclic) bond motifs is 1. The highest BCUT2D eigenvalue weighted by Crippen LogP contribution is 2.17. The van der Waals surface area contributed by atoms with E-state index in [1.165, 1.54) is 4.68 Å². The maximum Gasteiger partial charge on any atom is 0.290 e. The molecular weight excluding hydrogens is 396 g/mol. The lowest BCUT2D eigenvalue weighted by atomic mass is 10.1. The fraction of sp³-hybridized carbons (Fsp3) is 0.304. The first kappa shape index (κ1) is 22.0. The predicted octanol–water partition coefficient (Wildman–Crippen LogP) is 3.06. The van der Waals surface area contributed by atoms with Crippen LogP contribution in [0, 0.1) is 0 Å². The van der Waals surface area contributed by atoms with E-state index in [0.29, 0.717) is 35.2 Å². The van der Waals surface area contributed by atoms with E-state index < -0.39 is 11.8 Å². The van der Waals surface area contributed by atoms with Gasteiger partial charge in [0, 0.05) is 11.9 Å². The largest absolute Gasteiger partial charge is 0.493 e. The Hall–Kier alpha value is -3.68. The lowest BCUT2D eigenvalue weighted by molar-refractivity contribution is 0.0841. The number of nitrogens with one attached hydrogen (secondary N) is 2. The molecule has 3 aromatic rings. The molecule has 162 valence electrons. The highest BCUT2D eigenvalue weighted by molar-refractivity contribution is 6.06. The third-order valence-electron chi connectivity index (χ3n) is 4.78. The number of carbonyl (C=O) groups excluding carboxylic acids is 2. The molecule has 0 aliphatic heterocycles. The standard InChI is InChI=1S/C23H26N4O4/c1-3-5-10-15-27-23(30)17-12-7-6-11-16(17)20(26-27)22(29)25-24-21(28)18-13-8-9-14-19(18)31-4-2/h6-9,11-14H,3-5,10,15H2,1-2H3,(H,24,28)(H,25,29). The highest BCUT2D eigenvalue weighted by atomic mass is 16.5. The SMILES string of the molecule is CCCCCn1nc(C(=O)NNC(=O)c2ccccc2OCC)c2ccccc2c1=O. The lowest BCUT2D eigenvalue weighted by Crippen LogP contribution is -2.43. The molecule has 1 heterocycles. The molecule has 0 saturated heterocycles. The number of unbranched alkanes of at least 4 members (excludes halogenated alkanes) is 2. The zero-order chi connectivity index (χ0) is 22.2. The molecule has 0 atom stereocenters. The summed E-state index contributed by atoms with van der Waals surface area (Å²) < 4.78 is 6.78. The molecule has 0 aliphatic carbocycles. The van der Waals surface area contributed by atoms with E-state index in [1.807, 2.05) is 6.92 Å². The molecule has 8 heteroatoms. The minimum atomic E-state index is -0.609. The van der Waals surface area contributed by atoms with E-state index in [9.17, 15) is 14.4 Å². The van der Waals surface area contributed by atoms with Gasteiger partial charge in [-0.05, 0) is 31.5 Å². The predicted molar refractivity (Wildman–Crippen MR) is 118 cm³/mol. The van der Waals surface area contributed by atoms with Gasteiger partial charge < -0.3 is 4.74 Å². The van der Waals surface area contributed by atoms with Crippen LogP contribution < -0.4 is 21.1 Å². The van der Waals surface area contributed by atoms with Crippen LogP contribution in [0.2, 0.25) is 0 Å². The number of nitrogens with zero attached hydrogens (tertiary/aromatic N) is 2. The zero-order valence-electron chi connectivity index (χ0n) is 17.7. The number of para-hydroxylation sites is 1. The molecule has 2 amide bonds. The molecular formula is C23H26N4O4. The number of hydrazine groups is 1. The maximum absolute atomic E-state index is 12.9. The number of hydrogen-bond donors (Lipinski definition) is 2. The van der Waals surface area contributed by atoms with E-state index in [4.69, 9.17) is 4.74 Å². The van der Waals surface area contributed by atoms with E-state index >= 15 is 0 Å². The number of carbonyl (C=O) groups is 2. The van der Waals surface area contributed by atoms with E-state index in [-0.39, 0.29) is 11.3 Å². The minimum absolute atomic E-state index is 0.0742. The third-order valence-corrected chi connectivity index (χ3v) is 4.78. The van der Waals surface area contributed by atoms with Crippen molar-refractivity contribution in [2.45, 2.75) is 39.7 Å². The fourth-order valence-electron chi connectivity index (χ4n) is 3.24. The van der Waals surface area contributed by atoms with Gasteiger partial charge in [0.15, 0.2) is 5.69 Å². The van der Waals surface area contributed by atoms with Gasteiger partial charge in [-0.3, -0.25) is 25.2 Å². The van der Waals surface area contributed by atoms with Crippen molar-refractivity contribution < 1.29 is 14.3 Å². The summed E-state index contributed by atoms with van der Waals surface area (Å²) in [5.74, 6) is -0.703. The molecule has 3 rings (SSSR count). The van der Waals surface area contributed by atoms with Crippen LogP contribution in [-0.4, -0.2) is 28.2 Å². The quantitative estimate of drug-likeness (QED) is 0.429. The molecule has 31 heavy (non-hydrogen) atoms. The summed E-state index contributed by atoms with van der Waals surface area (Å²) in [7, 11) is 0. The average Bonchev–Trinajstić information content (AvgIpc) is 2.79. The van der Waals surface area contributed by atoms with Crippen LogP contribution in [0.15, 0.2) is 53.3 Å². The molecule has 0 spiro atoms. The van der Waals surface area contributed by atoms with Crippen molar-refractivity contribution in [1.82, 2.24) is 20.6 Å². The second kappa shape index (κ2) is 10.4. The number of ether oxygens (including phenoxy) is 1. The van der Waals surface area contributed by atoms with Gasteiger partial charge >= 0.3 is 0 Å². The smallest absolute Gasteiger partial charge is 0.290 e. The van der Waals surface area contributed by atoms with Crippen molar-refractivity contribution in [3.8, 4) is 5.75 Å². The van der Waals surface area contributed by atoms with Gasteiger partial charge in [0.2, 0.25) is 0 Å². The van der Waals surface area contributed by atoms with Crippen molar-refractivity contribution in [3.63, 3.8) is 0 Å². The van der Waals surface area contributed by atoms with Gasteiger partial charge in [0.1, 0.15) is 5.75 Å². The number of benzene rings is 2. The molecule has 0 saturated carbocycles. The molecule has 1 aromatic heterocycles. The molecule has 2 aromatic carbocycles. The van der Waals surface area contributed by atoms with E-state index in [2.05, 4.69) is 22.9 Å². The molecule has 2 N–H and O–H groups in total. The molecule has 0 fully saturated rings. The topological polar surface area (TPSA) is 102 Å². The first-order chi connectivity index (χ1) is 15.1. The third kappa shape index (κ3) is 5.09. The van der Waals surface area contributed by atoms with Crippen LogP contribution in [0.4, 0.5) is 0 Å². The minimum Gasteiger partial charge on any atom is -0.493 e. The molecule has 0 radical (unpaired) electrons. The summed E-state index contributed by atoms with van der Waals surface area (Å²) in [6.07, 6.45) is 2.75. The van der Waals surface area contributed by atoms with Crippen LogP contribution in [-0.2, 0) is 6.54 Å². The van der Waals surface area contributed by atoms with Gasteiger partial charge in [-0.1, -0.05) is 50.1 Å². The summed E-state index contributed by atoms with van der Waals surface area (Å²) in [6, 6.07) is 13.6. The summed E-state index contributed by atoms with van der Waals surface area (Å²) in [6.45, 7) is 4.72. The normalized spacial score (nSPS) is 10.6. The summed E-state index contributed by atoms with van der Waals surface area (Å²) in [5, 5.41) is 5.13. The molecule has 0 bridgehead atoms. The van der Waals surface area contributed by atoms with Crippen LogP contribution in [0.5, 0.6) is 5.75 Å². The Balaban J connectivity index is 1.84. The van der Waals surface area contributed by atoms with Gasteiger partial charge in [0.05, 0.1) is 17.6 Å². The molecule has 0 aliphatic rings. The van der Waals surface area contributed by atoms with Gasteiger partial charge in [-0.25, -0.2) is 4.68 Å². The number of aryl methyl sites for hydroxylation is 1. The Morgan fingerprint density at radius 1 is 0.935 bits per heavy atom. The Labute approximate surface area is 180 Å². The summed E-state index contributed by atoms with van der Waals surface area (Å²) >= 11 is 0. The monoisotopic (exact) mass is 422 g/mol. The van der Waals surface area contributed by atoms with Crippen LogP contribution in [0.3, 0.4) is 0 Å². The Morgan fingerprint density at radius 3 is 2.35 bits per heavy atom. The number of amides is 2. The van der Waals surface area contributed by atoms with Crippen molar-refractivity contribution in [2.24, 2.45) is 0 Å². The van der Waals surface area contributed by atoms with Gasteiger partial charge in [-0.15, -0.1) is 0 Å². The second-order valence-corrected chi connectivity index (χ2v) is 6.97. The van der Waals surface area contributed by atoms with Crippen molar-refractivity contribution in [3.05, 3.63) is 70.1 Å². The summed E-state index contributed by atoms with van der Waals surface area (Å²) in [5.41, 5.74) is 4.94. The van der Waals surface area contributed by atoms with Crippen molar-refractivity contribution >= 4 is 22.6 Å². The van der Waals surface area contributed by atoms with E-state index in [0.717, 1.165) is 19.3 Å². The molecule has 8 nitrogen and oxygen atoms in total.